The Kier molecular flexibility index (Phi) is 9.88. The topological polar surface area (TPSA) is 78.9 Å². The summed E-state index contributed by atoms with van der Waals surface area (Å²) in [5, 5.41) is 11.3. The molecular weight excluding hydrogens is 248 g/mol. The van der Waals surface area contributed by atoms with Crippen molar-refractivity contribution in [1.82, 2.24) is 10.2 Å². The third-order valence-corrected chi connectivity index (χ3v) is 3.02. The Hall–Kier alpha value is -1.30. The molecule has 112 valence electrons. The van der Waals surface area contributed by atoms with Crippen LogP contribution < -0.4 is 5.32 Å². The molecule has 2 amide bonds. The Bertz CT molecular complexity index is 267. The number of carbonyl (C=O) groups is 2. The van der Waals surface area contributed by atoms with E-state index in [9.17, 15) is 9.59 Å². The lowest BCUT2D eigenvalue weighted by atomic mass is 10.1. The third-order valence-electron chi connectivity index (χ3n) is 3.02. The van der Waals surface area contributed by atoms with E-state index < -0.39 is 5.97 Å². The summed E-state index contributed by atoms with van der Waals surface area (Å²) in [6.07, 6.45) is 2.30. The van der Waals surface area contributed by atoms with E-state index in [4.69, 9.17) is 9.84 Å². The predicted molar refractivity (Wildman–Crippen MR) is 73.2 cm³/mol. The average Bonchev–Trinajstić information content (AvgIpc) is 2.39. The summed E-state index contributed by atoms with van der Waals surface area (Å²) in [7, 11) is 1.61. The summed E-state index contributed by atoms with van der Waals surface area (Å²) in [6, 6.07) is 0.0470. The first-order valence-electron chi connectivity index (χ1n) is 6.81. The maximum Gasteiger partial charge on any atom is 0.317 e. The Morgan fingerprint density at radius 1 is 1.32 bits per heavy atom. The molecule has 0 saturated carbocycles. The van der Waals surface area contributed by atoms with Gasteiger partial charge in [-0.2, -0.15) is 0 Å². The second-order valence-corrected chi connectivity index (χ2v) is 4.39. The van der Waals surface area contributed by atoms with Crippen LogP contribution >= 0.6 is 0 Å². The molecule has 0 aromatic rings. The van der Waals surface area contributed by atoms with Gasteiger partial charge in [0, 0.05) is 32.7 Å². The molecule has 0 atom stereocenters. The minimum Gasteiger partial charge on any atom is -0.481 e. The summed E-state index contributed by atoms with van der Waals surface area (Å²) in [4.78, 5) is 24.2. The summed E-state index contributed by atoms with van der Waals surface area (Å²) in [5.74, 6) is -0.842. The molecule has 2 N–H and O–H groups in total. The smallest absolute Gasteiger partial charge is 0.317 e. The van der Waals surface area contributed by atoms with Crippen LogP contribution in [0.25, 0.3) is 0 Å². The predicted octanol–water partition coefficient (Wildman–Crippen LogP) is 1.70. The van der Waals surface area contributed by atoms with Gasteiger partial charge in [-0.15, -0.1) is 0 Å². The van der Waals surface area contributed by atoms with Gasteiger partial charge in [0.2, 0.25) is 0 Å². The summed E-state index contributed by atoms with van der Waals surface area (Å²) < 4.78 is 5.02. The molecule has 0 radical (unpaired) electrons. The van der Waals surface area contributed by atoms with Crippen molar-refractivity contribution in [3.05, 3.63) is 0 Å². The van der Waals surface area contributed by atoms with Crippen LogP contribution in [0.15, 0.2) is 0 Å². The van der Waals surface area contributed by atoms with E-state index >= 15 is 0 Å². The highest BCUT2D eigenvalue weighted by molar-refractivity contribution is 5.74. The van der Waals surface area contributed by atoms with Crippen molar-refractivity contribution in [3.8, 4) is 0 Å². The SMILES string of the molecule is CCC(CC)N(CCOC)C(=O)NCCCC(=O)O. The lowest BCUT2D eigenvalue weighted by Gasteiger charge is -2.30. The van der Waals surface area contributed by atoms with E-state index in [1.807, 2.05) is 13.8 Å². The van der Waals surface area contributed by atoms with Crippen molar-refractivity contribution >= 4 is 12.0 Å². The molecule has 6 nitrogen and oxygen atoms in total. The van der Waals surface area contributed by atoms with Gasteiger partial charge in [0.15, 0.2) is 0 Å². The van der Waals surface area contributed by atoms with E-state index in [-0.39, 0.29) is 18.5 Å². The Morgan fingerprint density at radius 3 is 2.42 bits per heavy atom. The minimum atomic E-state index is -0.842. The van der Waals surface area contributed by atoms with Crippen LogP contribution in [0.5, 0.6) is 0 Å². The molecule has 0 aromatic heterocycles. The highest BCUT2D eigenvalue weighted by Crippen LogP contribution is 2.08. The quantitative estimate of drug-likeness (QED) is 0.594. The van der Waals surface area contributed by atoms with Crippen molar-refractivity contribution < 1.29 is 19.4 Å². The first-order chi connectivity index (χ1) is 9.06. The lowest BCUT2D eigenvalue weighted by Crippen LogP contribution is -2.47. The maximum atomic E-state index is 12.1. The lowest BCUT2D eigenvalue weighted by molar-refractivity contribution is -0.137. The first-order valence-corrected chi connectivity index (χ1v) is 6.81. The highest BCUT2D eigenvalue weighted by Gasteiger charge is 2.20. The molecule has 0 aliphatic heterocycles. The van der Waals surface area contributed by atoms with E-state index in [0.717, 1.165) is 12.8 Å². The van der Waals surface area contributed by atoms with Gasteiger partial charge >= 0.3 is 12.0 Å². The molecule has 0 bridgehead atoms. The molecule has 0 heterocycles. The molecule has 0 aromatic carbocycles. The normalized spacial score (nSPS) is 10.5. The van der Waals surface area contributed by atoms with Gasteiger partial charge in [-0.25, -0.2) is 4.79 Å². The molecular formula is C13H26N2O4. The van der Waals surface area contributed by atoms with Gasteiger partial charge < -0.3 is 20.1 Å². The molecule has 0 saturated heterocycles. The average molecular weight is 274 g/mol. The number of nitrogens with zero attached hydrogens (tertiary/aromatic N) is 1. The molecule has 0 unspecified atom stereocenters. The van der Waals surface area contributed by atoms with Crippen LogP contribution in [0.4, 0.5) is 4.79 Å². The highest BCUT2D eigenvalue weighted by atomic mass is 16.5. The zero-order chi connectivity index (χ0) is 14.7. The van der Waals surface area contributed by atoms with Crippen LogP contribution in [-0.2, 0) is 9.53 Å². The minimum absolute atomic E-state index is 0.0728. The number of amides is 2. The fourth-order valence-electron chi connectivity index (χ4n) is 1.91. The van der Waals surface area contributed by atoms with Crippen LogP contribution in [0, 0.1) is 0 Å². The number of hydrogen-bond donors (Lipinski definition) is 2. The molecule has 19 heavy (non-hydrogen) atoms. The molecule has 0 fully saturated rings. The number of methoxy groups -OCH3 is 1. The number of hydrogen-bond acceptors (Lipinski definition) is 3. The van der Waals surface area contributed by atoms with Gasteiger partial charge in [-0.3, -0.25) is 4.79 Å². The van der Waals surface area contributed by atoms with Crippen molar-refractivity contribution in [3.63, 3.8) is 0 Å². The van der Waals surface area contributed by atoms with Crippen molar-refractivity contribution in [2.75, 3.05) is 26.8 Å². The number of aliphatic carboxylic acids is 1. The number of carbonyl (C=O) groups excluding carboxylic acids is 1. The van der Waals surface area contributed by atoms with Crippen LogP contribution in [0.3, 0.4) is 0 Å². The van der Waals surface area contributed by atoms with E-state index in [1.54, 1.807) is 12.0 Å². The standard InChI is InChI=1S/C13H26N2O4/c1-4-11(5-2)15(9-10-19-3)13(18)14-8-6-7-12(16)17/h11H,4-10H2,1-3H3,(H,14,18)(H,16,17). The second kappa shape index (κ2) is 10.6. The molecule has 0 spiro atoms. The largest absolute Gasteiger partial charge is 0.481 e. The number of ether oxygens (including phenoxy) is 1. The molecule has 0 rings (SSSR count). The second-order valence-electron chi connectivity index (χ2n) is 4.39. The van der Waals surface area contributed by atoms with Gasteiger partial charge in [0.1, 0.15) is 0 Å². The number of carboxylic acids is 1. The molecule has 0 aliphatic rings. The fraction of sp³-hybridized carbons (Fsp3) is 0.846. The van der Waals surface area contributed by atoms with Crippen LogP contribution in [-0.4, -0.2) is 54.9 Å². The van der Waals surface area contributed by atoms with E-state index in [0.29, 0.717) is 26.1 Å². The van der Waals surface area contributed by atoms with Gasteiger partial charge in [0.25, 0.3) is 0 Å². The van der Waals surface area contributed by atoms with Crippen molar-refractivity contribution in [2.45, 2.75) is 45.6 Å². The number of rotatable bonds is 10. The van der Waals surface area contributed by atoms with Crippen LogP contribution in [0.2, 0.25) is 0 Å². The molecule has 6 heteroatoms. The van der Waals surface area contributed by atoms with Crippen molar-refractivity contribution in [1.29, 1.82) is 0 Å². The molecule has 0 aliphatic carbocycles. The summed E-state index contributed by atoms with van der Waals surface area (Å²) >= 11 is 0. The first kappa shape index (κ1) is 17.7. The fourth-order valence-corrected chi connectivity index (χ4v) is 1.91. The number of urea groups is 1. The Labute approximate surface area is 115 Å². The van der Waals surface area contributed by atoms with E-state index in [2.05, 4.69) is 5.32 Å². The van der Waals surface area contributed by atoms with Gasteiger partial charge in [-0.05, 0) is 19.3 Å². The Balaban J connectivity index is 4.24. The Morgan fingerprint density at radius 2 is 1.95 bits per heavy atom. The number of carboxylic acid groups (broad SMARTS) is 1. The van der Waals surface area contributed by atoms with Crippen molar-refractivity contribution in [2.24, 2.45) is 0 Å². The zero-order valence-corrected chi connectivity index (χ0v) is 12.1. The van der Waals surface area contributed by atoms with Crippen LogP contribution in [0.1, 0.15) is 39.5 Å². The third kappa shape index (κ3) is 7.66. The van der Waals surface area contributed by atoms with Gasteiger partial charge in [-0.1, -0.05) is 13.8 Å². The summed E-state index contributed by atoms with van der Waals surface area (Å²) in [5.41, 5.74) is 0. The van der Waals surface area contributed by atoms with Gasteiger partial charge in [0.05, 0.1) is 6.61 Å². The maximum absolute atomic E-state index is 12.1. The zero-order valence-electron chi connectivity index (χ0n) is 12.1. The number of nitrogens with one attached hydrogen (secondary N) is 1. The summed E-state index contributed by atoms with van der Waals surface area (Å²) in [6.45, 7) is 5.53. The monoisotopic (exact) mass is 274 g/mol. The van der Waals surface area contributed by atoms with E-state index in [1.165, 1.54) is 0 Å².